The number of methoxy groups -OCH3 is 1. The van der Waals surface area contributed by atoms with E-state index in [1.807, 2.05) is 12.1 Å². The van der Waals surface area contributed by atoms with Gasteiger partial charge in [-0.3, -0.25) is 4.79 Å². The predicted molar refractivity (Wildman–Crippen MR) is 86.7 cm³/mol. The minimum atomic E-state index is -0.862. The zero-order valence-corrected chi connectivity index (χ0v) is 14.3. The Kier molecular flexibility index (Phi) is 4.35. The number of hydrogen-bond donors (Lipinski definition) is 1. The Morgan fingerprint density at radius 3 is 2.50 bits per heavy atom. The average molecular weight is 369 g/mol. The third-order valence-electron chi connectivity index (χ3n) is 4.68. The Labute approximate surface area is 138 Å². The van der Waals surface area contributed by atoms with Gasteiger partial charge in [0, 0.05) is 10.0 Å². The van der Waals surface area contributed by atoms with Gasteiger partial charge in [-0.2, -0.15) is 0 Å². The van der Waals surface area contributed by atoms with Crippen LogP contribution in [-0.2, 0) is 10.2 Å². The van der Waals surface area contributed by atoms with Crippen molar-refractivity contribution in [1.29, 1.82) is 0 Å². The maximum atomic E-state index is 12.1. The van der Waals surface area contributed by atoms with Crippen LogP contribution >= 0.6 is 15.9 Å². The van der Waals surface area contributed by atoms with Crippen molar-refractivity contribution in [3.63, 3.8) is 0 Å². The molecule has 0 spiro atoms. The Bertz CT molecular complexity index is 574. The molecular weight excluding hydrogens is 348 g/mol. The quantitative estimate of drug-likeness (QED) is 0.842. The molecule has 4 nitrogen and oxygen atoms in total. The number of benzene rings is 1. The van der Waals surface area contributed by atoms with Crippen molar-refractivity contribution in [2.45, 2.75) is 56.5 Å². The van der Waals surface area contributed by atoms with Crippen LogP contribution in [0.25, 0.3) is 0 Å². The van der Waals surface area contributed by atoms with Crippen molar-refractivity contribution in [3.05, 3.63) is 22.2 Å². The van der Waals surface area contributed by atoms with Gasteiger partial charge in [0.1, 0.15) is 0 Å². The van der Waals surface area contributed by atoms with Gasteiger partial charge >= 0.3 is 5.97 Å². The smallest absolute Gasteiger partial charge is 0.314 e. The van der Waals surface area contributed by atoms with Gasteiger partial charge in [-0.25, -0.2) is 0 Å². The Hall–Kier alpha value is -1.23. The van der Waals surface area contributed by atoms with E-state index < -0.39 is 11.4 Å². The van der Waals surface area contributed by atoms with Crippen LogP contribution in [0.5, 0.6) is 11.5 Å². The lowest BCUT2D eigenvalue weighted by Gasteiger charge is -2.35. The lowest BCUT2D eigenvalue weighted by atomic mass is 9.69. The van der Waals surface area contributed by atoms with E-state index in [4.69, 9.17) is 9.47 Å². The second-order valence-electron chi connectivity index (χ2n) is 6.25. The second kappa shape index (κ2) is 6.11. The largest absolute Gasteiger partial charge is 0.493 e. The molecular formula is C17H21BrO4. The molecule has 0 aromatic heterocycles. The SMILES string of the molecule is COc1cc(Br)cc(C2(C(=O)O)CCCCC2)c1OC1CC1. The molecule has 0 amide bonds. The summed E-state index contributed by atoms with van der Waals surface area (Å²) in [6, 6.07) is 3.75. The molecule has 3 rings (SSSR count). The van der Waals surface area contributed by atoms with Crippen molar-refractivity contribution >= 4 is 21.9 Å². The fraction of sp³-hybridized carbons (Fsp3) is 0.588. The first-order chi connectivity index (χ1) is 10.6. The molecule has 0 unspecified atom stereocenters. The normalized spacial score (nSPS) is 20.5. The molecule has 2 aliphatic carbocycles. The number of ether oxygens (including phenoxy) is 2. The minimum Gasteiger partial charge on any atom is -0.493 e. The molecule has 2 aliphatic rings. The van der Waals surface area contributed by atoms with Crippen LogP contribution in [0.3, 0.4) is 0 Å². The zero-order valence-electron chi connectivity index (χ0n) is 12.7. The first-order valence-corrected chi connectivity index (χ1v) is 8.64. The van der Waals surface area contributed by atoms with E-state index in [2.05, 4.69) is 15.9 Å². The van der Waals surface area contributed by atoms with Crippen LogP contribution < -0.4 is 9.47 Å². The van der Waals surface area contributed by atoms with Crippen LogP contribution in [0, 0.1) is 0 Å². The minimum absolute atomic E-state index is 0.197. The van der Waals surface area contributed by atoms with E-state index in [9.17, 15) is 9.90 Å². The highest BCUT2D eigenvalue weighted by Crippen LogP contribution is 2.49. The molecule has 0 saturated heterocycles. The summed E-state index contributed by atoms with van der Waals surface area (Å²) < 4.78 is 12.3. The highest BCUT2D eigenvalue weighted by atomic mass is 79.9. The van der Waals surface area contributed by atoms with E-state index in [0.29, 0.717) is 24.3 Å². The number of carbonyl (C=O) groups is 1. The molecule has 22 heavy (non-hydrogen) atoms. The van der Waals surface area contributed by atoms with Crippen LogP contribution in [0.1, 0.15) is 50.5 Å². The van der Waals surface area contributed by atoms with Crippen LogP contribution in [0.4, 0.5) is 0 Å². The maximum Gasteiger partial charge on any atom is 0.314 e. The van der Waals surface area contributed by atoms with Gasteiger partial charge < -0.3 is 14.6 Å². The summed E-state index contributed by atoms with van der Waals surface area (Å²) >= 11 is 3.48. The number of hydrogen-bond acceptors (Lipinski definition) is 3. The summed E-state index contributed by atoms with van der Waals surface area (Å²) in [6.07, 6.45) is 6.53. The van der Waals surface area contributed by atoms with Gasteiger partial charge in [0.2, 0.25) is 0 Å². The van der Waals surface area contributed by atoms with Crippen molar-refractivity contribution in [2.24, 2.45) is 0 Å². The number of aliphatic carboxylic acids is 1. The number of rotatable bonds is 5. The molecule has 0 aliphatic heterocycles. The molecule has 1 aromatic carbocycles. The van der Waals surface area contributed by atoms with Gasteiger partial charge in [0.15, 0.2) is 11.5 Å². The van der Waals surface area contributed by atoms with E-state index in [1.165, 1.54) is 0 Å². The van der Waals surface area contributed by atoms with Crippen molar-refractivity contribution < 1.29 is 19.4 Å². The molecule has 1 N–H and O–H groups in total. The van der Waals surface area contributed by atoms with Crippen molar-refractivity contribution in [1.82, 2.24) is 0 Å². The van der Waals surface area contributed by atoms with Gasteiger partial charge in [-0.1, -0.05) is 35.2 Å². The highest BCUT2D eigenvalue weighted by Gasteiger charge is 2.45. The van der Waals surface area contributed by atoms with Gasteiger partial charge in [-0.15, -0.1) is 0 Å². The van der Waals surface area contributed by atoms with E-state index in [0.717, 1.165) is 42.1 Å². The van der Waals surface area contributed by atoms with Crippen molar-refractivity contribution in [2.75, 3.05) is 7.11 Å². The summed E-state index contributed by atoms with van der Waals surface area (Å²) in [4.78, 5) is 12.1. The number of halogens is 1. The lowest BCUT2D eigenvalue weighted by molar-refractivity contribution is -0.145. The standard InChI is InChI=1S/C17H21BrO4/c1-21-14-10-11(18)9-13(15(14)22-12-5-6-12)17(16(19)20)7-3-2-4-8-17/h9-10,12H,2-8H2,1H3,(H,19,20). The van der Waals surface area contributed by atoms with E-state index in [1.54, 1.807) is 7.11 Å². The molecule has 0 atom stereocenters. The molecule has 2 fully saturated rings. The summed E-state index contributed by atoms with van der Waals surface area (Å²) in [5.74, 6) is 0.480. The molecule has 0 radical (unpaired) electrons. The Balaban J connectivity index is 2.13. The van der Waals surface area contributed by atoms with Crippen molar-refractivity contribution in [3.8, 4) is 11.5 Å². The number of carboxylic acid groups (broad SMARTS) is 1. The van der Waals surface area contributed by atoms with Gasteiger partial charge in [0.25, 0.3) is 0 Å². The summed E-state index contributed by atoms with van der Waals surface area (Å²) in [6.45, 7) is 0. The molecule has 1 aromatic rings. The monoisotopic (exact) mass is 368 g/mol. The Morgan fingerprint density at radius 1 is 1.27 bits per heavy atom. The zero-order chi connectivity index (χ0) is 15.7. The topological polar surface area (TPSA) is 55.8 Å². The molecule has 120 valence electrons. The van der Waals surface area contributed by atoms with Crippen LogP contribution in [0.15, 0.2) is 16.6 Å². The third kappa shape index (κ3) is 2.83. The summed E-state index contributed by atoms with van der Waals surface area (Å²) in [5.41, 5.74) is -0.0997. The average Bonchev–Trinajstić information content (AvgIpc) is 3.33. The fourth-order valence-corrected chi connectivity index (χ4v) is 3.74. The van der Waals surface area contributed by atoms with E-state index in [-0.39, 0.29) is 6.10 Å². The van der Waals surface area contributed by atoms with Crippen LogP contribution in [-0.4, -0.2) is 24.3 Å². The lowest BCUT2D eigenvalue weighted by Crippen LogP contribution is -2.38. The van der Waals surface area contributed by atoms with Gasteiger partial charge in [-0.05, 0) is 37.8 Å². The summed E-state index contributed by atoms with van der Waals surface area (Å²) in [5, 5.41) is 9.96. The molecule has 2 saturated carbocycles. The molecule has 5 heteroatoms. The second-order valence-corrected chi connectivity index (χ2v) is 7.17. The number of carboxylic acids is 1. The fourth-order valence-electron chi connectivity index (χ4n) is 3.30. The van der Waals surface area contributed by atoms with E-state index >= 15 is 0 Å². The van der Waals surface area contributed by atoms with Gasteiger partial charge in [0.05, 0.1) is 18.6 Å². The summed E-state index contributed by atoms with van der Waals surface area (Å²) in [7, 11) is 1.60. The Morgan fingerprint density at radius 2 is 1.95 bits per heavy atom. The molecule has 0 bridgehead atoms. The predicted octanol–water partition coefficient (Wildman–Crippen LogP) is 4.29. The third-order valence-corrected chi connectivity index (χ3v) is 5.14. The molecule has 0 heterocycles. The van der Waals surface area contributed by atoms with Crippen LogP contribution in [0.2, 0.25) is 0 Å². The maximum absolute atomic E-state index is 12.1. The first-order valence-electron chi connectivity index (χ1n) is 7.85. The highest BCUT2D eigenvalue weighted by molar-refractivity contribution is 9.10. The first kappa shape index (κ1) is 15.7.